The Morgan fingerprint density at radius 1 is 1.28 bits per heavy atom. The molecule has 1 aliphatic heterocycles. The number of thiophene rings is 1. The molecule has 0 aliphatic carbocycles. The first-order chi connectivity index (χ1) is 14.2. The Kier molecular flexibility index (Phi) is 4.36. The van der Waals surface area contributed by atoms with Crippen LogP contribution in [0.4, 0.5) is 0 Å². The van der Waals surface area contributed by atoms with Crippen LogP contribution in [0, 0.1) is 0 Å². The van der Waals surface area contributed by atoms with E-state index in [1.807, 2.05) is 41.8 Å². The molecule has 1 amide bonds. The number of likely N-dealkylation sites (tertiary alicyclic amines) is 1. The number of hydrogen-bond donors (Lipinski definition) is 1. The van der Waals surface area contributed by atoms with Crippen LogP contribution in [0.1, 0.15) is 22.3 Å². The van der Waals surface area contributed by atoms with Crippen molar-refractivity contribution < 1.29 is 14.1 Å². The summed E-state index contributed by atoms with van der Waals surface area (Å²) in [7, 11) is 1.61. The highest BCUT2D eigenvalue weighted by molar-refractivity contribution is 7.13. The Hall–Kier alpha value is -3.46. The standard InChI is InChI=1S/C20H17N5O3S/c1-27-16-6-3-2-5-13(16)14-9-15(23-22-14)20(26)25-10-12(11-25)19-21-18(24-28-19)17-7-4-8-29-17/h2-9,12H,10-11H2,1H3,(H,22,23). The number of aromatic amines is 1. The molecule has 0 saturated carbocycles. The predicted molar refractivity (Wildman–Crippen MR) is 107 cm³/mol. The van der Waals surface area contributed by atoms with Gasteiger partial charge in [0.05, 0.1) is 23.6 Å². The number of H-pyrrole nitrogens is 1. The summed E-state index contributed by atoms with van der Waals surface area (Å²) in [6.45, 7) is 1.07. The maximum absolute atomic E-state index is 12.8. The van der Waals surface area contributed by atoms with E-state index in [4.69, 9.17) is 9.26 Å². The molecule has 4 aromatic rings. The molecular formula is C20H17N5O3S. The summed E-state index contributed by atoms with van der Waals surface area (Å²) in [5.41, 5.74) is 1.94. The Bertz CT molecular complexity index is 1140. The lowest BCUT2D eigenvalue weighted by Gasteiger charge is -2.36. The first kappa shape index (κ1) is 17.6. The van der Waals surface area contributed by atoms with Gasteiger partial charge < -0.3 is 14.2 Å². The lowest BCUT2D eigenvalue weighted by atomic mass is 9.99. The molecule has 1 fully saturated rings. The van der Waals surface area contributed by atoms with Gasteiger partial charge in [-0.05, 0) is 29.6 Å². The monoisotopic (exact) mass is 407 g/mol. The van der Waals surface area contributed by atoms with Gasteiger partial charge in [-0.3, -0.25) is 9.89 Å². The van der Waals surface area contributed by atoms with Gasteiger partial charge in [0, 0.05) is 18.7 Å². The van der Waals surface area contributed by atoms with Crippen LogP contribution < -0.4 is 4.74 Å². The molecule has 4 heterocycles. The van der Waals surface area contributed by atoms with Crippen molar-refractivity contribution in [3.05, 3.63) is 59.4 Å². The molecule has 0 bridgehead atoms. The molecule has 5 rings (SSSR count). The quantitative estimate of drug-likeness (QED) is 0.544. The maximum Gasteiger partial charge on any atom is 0.271 e. The summed E-state index contributed by atoms with van der Waals surface area (Å²) in [5, 5.41) is 13.1. The number of nitrogens with one attached hydrogen (secondary N) is 1. The zero-order valence-corrected chi connectivity index (χ0v) is 16.3. The van der Waals surface area contributed by atoms with Gasteiger partial charge in [0.2, 0.25) is 11.7 Å². The van der Waals surface area contributed by atoms with E-state index in [1.54, 1.807) is 29.4 Å². The molecule has 146 valence electrons. The fourth-order valence-electron chi connectivity index (χ4n) is 3.30. The average molecular weight is 407 g/mol. The van der Waals surface area contributed by atoms with Crippen molar-refractivity contribution in [1.82, 2.24) is 25.2 Å². The van der Waals surface area contributed by atoms with Crippen LogP contribution in [0.5, 0.6) is 5.75 Å². The van der Waals surface area contributed by atoms with Gasteiger partial charge in [0.15, 0.2) is 0 Å². The van der Waals surface area contributed by atoms with Gasteiger partial charge >= 0.3 is 0 Å². The zero-order valence-electron chi connectivity index (χ0n) is 15.5. The molecule has 0 spiro atoms. The van der Waals surface area contributed by atoms with Crippen LogP contribution in [-0.2, 0) is 0 Å². The highest BCUT2D eigenvalue weighted by Crippen LogP contribution is 2.31. The van der Waals surface area contributed by atoms with E-state index in [1.165, 1.54) is 0 Å². The van der Waals surface area contributed by atoms with Gasteiger partial charge in [-0.15, -0.1) is 11.3 Å². The summed E-state index contributed by atoms with van der Waals surface area (Å²) >= 11 is 1.56. The Morgan fingerprint density at radius 2 is 2.14 bits per heavy atom. The van der Waals surface area contributed by atoms with Gasteiger partial charge in [0.25, 0.3) is 5.91 Å². The third-order valence-corrected chi connectivity index (χ3v) is 5.76. The van der Waals surface area contributed by atoms with Crippen LogP contribution in [0.25, 0.3) is 22.0 Å². The molecule has 9 heteroatoms. The molecule has 0 atom stereocenters. The molecule has 0 radical (unpaired) electrons. The Balaban J connectivity index is 1.26. The van der Waals surface area contributed by atoms with Gasteiger partial charge in [0.1, 0.15) is 11.4 Å². The molecule has 8 nitrogen and oxygen atoms in total. The minimum atomic E-state index is -0.104. The van der Waals surface area contributed by atoms with Crippen molar-refractivity contribution in [3.8, 4) is 27.7 Å². The zero-order chi connectivity index (χ0) is 19.8. The number of carbonyl (C=O) groups is 1. The van der Waals surface area contributed by atoms with Crippen molar-refractivity contribution in [3.63, 3.8) is 0 Å². The van der Waals surface area contributed by atoms with Crippen LogP contribution in [0.15, 0.2) is 52.4 Å². The number of para-hydroxylation sites is 1. The average Bonchev–Trinajstić information content (AvgIpc) is 3.47. The lowest BCUT2D eigenvalue weighted by Crippen LogP contribution is -2.48. The third kappa shape index (κ3) is 3.19. The number of aromatic nitrogens is 4. The number of nitrogens with zero attached hydrogens (tertiary/aromatic N) is 4. The largest absolute Gasteiger partial charge is 0.496 e. The number of rotatable bonds is 5. The van der Waals surface area contributed by atoms with Crippen molar-refractivity contribution >= 4 is 17.2 Å². The third-order valence-electron chi connectivity index (χ3n) is 4.89. The fraction of sp³-hybridized carbons (Fsp3) is 0.200. The number of methoxy groups -OCH3 is 1. The topological polar surface area (TPSA) is 97.1 Å². The highest BCUT2D eigenvalue weighted by atomic mass is 32.1. The first-order valence-corrected chi connectivity index (χ1v) is 9.96. The SMILES string of the molecule is COc1ccccc1-c1cc(C(=O)N2CC(c3nc(-c4cccs4)no3)C2)[nH]n1. The maximum atomic E-state index is 12.8. The highest BCUT2D eigenvalue weighted by Gasteiger charge is 2.36. The Labute approximate surface area is 170 Å². The molecule has 1 saturated heterocycles. The second-order valence-corrected chi connectivity index (χ2v) is 7.66. The number of ether oxygens (including phenoxy) is 1. The van der Waals surface area contributed by atoms with E-state index >= 15 is 0 Å². The Morgan fingerprint density at radius 3 is 2.93 bits per heavy atom. The minimum absolute atomic E-state index is 0.0526. The number of hydrogen-bond acceptors (Lipinski definition) is 7. The number of carbonyl (C=O) groups excluding carboxylic acids is 1. The van der Waals surface area contributed by atoms with Crippen LogP contribution in [0.2, 0.25) is 0 Å². The van der Waals surface area contributed by atoms with Crippen molar-refractivity contribution in [2.45, 2.75) is 5.92 Å². The molecule has 1 aliphatic rings. The summed E-state index contributed by atoms with van der Waals surface area (Å²) in [6, 6.07) is 13.2. The molecule has 1 aromatic carbocycles. The van der Waals surface area contributed by atoms with Crippen LogP contribution >= 0.6 is 11.3 Å². The molecule has 29 heavy (non-hydrogen) atoms. The number of benzene rings is 1. The first-order valence-electron chi connectivity index (χ1n) is 9.08. The van der Waals surface area contributed by atoms with E-state index in [0.717, 1.165) is 10.4 Å². The fourth-order valence-corrected chi connectivity index (χ4v) is 3.95. The minimum Gasteiger partial charge on any atom is -0.496 e. The second-order valence-electron chi connectivity index (χ2n) is 6.71. The van der Waals surface area contributed by atoms with Gasteiger partial charge in [-0.25, -0.2) is 0 Å². The summed E-state index contributed by atoms with van der Waals surface area (Å²) in [5.74, 6) is 1.82. The van der Waals surface area contributed by atoms with E-state index in [2.05, 4.69) is 20.3 Å². The molecule has 3 aromatic heterocycles. The summed E-state index contributed by atoms with van der Waals surface area (Å²) in [4.78, 5) is 19.9. The molecular weight excluding hydrogens is 390 g/mol. The smallest absolute Gasteiger partial charge is 0.271 e. The van der Waals surface area contributed by atoms with E-state index < -0.39 is 0 Å². The van der Waals surface area contributed by atoms with E-state index in [9.17, 15) is 4.79 Å². The number of amides is 1. The lowest BCUT2D eigenvalue weighted by molar-refractivity contribution is 0.0563. The summed E-state index contributed by atoms with van der Waals surface area (Å²) < 4.78 is 10.8. The second kappa shape index (κ2) is 7.17. The van der Waals surface area contributed by atoms with Crippen molar-refractivity contribution in [2.75, 3.05) is 20.2 Å². The van der Waals surface area contributed by atoms with Gasteiger partial charge in [-0.1, -0.05) is 23.4 Å². The van der Waals surface area contributed by atoms with Crippen molar-refractivity contribution in [1.29, 1.82) is 0 Å². The van der Waals surface area contributed by atoms with Crippen molar-refractivity contribution in [2.24, 2.45) is 0 Å². The van der Waals surface area contributed by atoms with Crippen LogP contribution in [-0.4, -0.2) is 51.3 Å². The van der Waals surface area contributed by atoms with Gasteiger partial charge in [-0.2, -0.15) is 10.1 Å². The summed E-state index contributed by atoms with van der Waals surface area (Å²) in [6.07, 6.45) is 0. The molecule has 1 N–H and O–H groups in total. The van der Waals surface area contributed by atoms with E-state index in [0.29, 0.717) is 41.9 Å². The van der Waals surface area contributed by atoms with E-state index in [-0.39, 0.29) is 11.8 Å². The molecule has 0 unspecified atom stereocenters. The normalized spacial score (nSPS) is 14.0. The predicted octanol–water partition coefficient (Wildman–Crippen LogP) is 3.44. The van der Waals surface area contributed by atoms with Crippen LogP contribution in [0.3, 0.4) is 0 Å².